The second-order valence-electron chi connectivity index (χ2n) is 17.6. The number of carbonyl (C=O) groups is 6. The maximum Gasteiger partial charge on any atom is 0.342 e. The fourth-order valence-electron chi connectivity index (χ4n) is 8.35. The molecule has 0 radical (unpaired) electrons. The molecule has 18 nitrogen and oxygen atoms in total. The van der Waals surface area contributed by atoms with Crippen molar-refractivity contribution < 1.29 is 85.7 Å². The van der Waals surface area contributed by atoms with E-state index in [0.29, 0.717) is 12.8 Å². The van der Waals surface area contributed by atoms with Crippen molar-refractivity contribution >= 4 is 44.4 Å². The number of esters is 6. The van der Waals surface area contributed by atoms with E-state index in [-0.39, 0.29) is 12.1 Å². The Hall–Kier alpha value is -3.20. The van der Waals surface area contributed by atoms with Gasteiger partial charge in [-0.05, 0) is 12.1 Å². The highest BCUT2D eigenvalue weighted by atomic mass is 28.4. The van der Waals surface area contributed by atoms with Gasteiger partial charge in [-0.25, -0.2) is 0 Å². The molecule has 0 aromatic carbocycles. The second-order valence-corrected chi connectivity index (χ2v) is 20.9. The molecule has 2 aliphatic heterocycles. The van der Waals surface area contributed by atoms with E-state index in [1.165, 1.54) is 52.4 Å². The van der Waals surface area contributed by atoms with E-state index in [0.717, 1.165) is 98.3 Å². The number of hydrogen-bond donors (Lipinski definition) is 2. The summed E-state index contributed by atoms with van der Waals surface area (Å²) in [7, 11) is -3.93. The minimum absolute atomic E-state index is 0.287. The van der Waals surface area contributed by atoms with E-state index in [2.05, 4.69) is 13.8 Å². The monoisotopic (exact) mass is 963 g/mol. The smallest absolute Gasteiger partial charge is 0.342 e. The fourth-order valence-corrected chi connectivity index (χ4v) is 11.9. The second kappa shape index (κ2) is 32.5. The minimum Gasteiger partial charge on any atom is -0.463 e. The standard InChI is InChI=1S/C47H82O18Si/c1-9-11-13-15-17-19-21-23-25-27-29-66(28-26-24-22-20-18-16-14-12-10-2,64-46-44(60-36(7)52)40(54)42(58-34(5)50)38(62-46)30-56-32(3)48)65-47-45(61-37(8)53)41(55)43(59-35(6)51)39(63-47)31-57-33(4)49/h38-47,54-55H,9-31H2,1-8H3. The average molecular weight is 963 g/mol. The van der Waals surface area contributed by atoms with E-state index < -0.39 is 119 Å². The summed E-state index contributed by atoms with van der Waals surface area (Å²) in [6.07, 6.45) is 4.08. The van der Waals surface area contributed by atoms with Crippen molar-refractivity contribution in [2.75, 3.05) is 13.2 Å². The highest BCUT2D eigenvalue weighted by Crippen LogP contribution is 2.38. The first-order chi connectivity index (χ1) is 31.4. The van der Waals surface area contributed by atoms with Gasteiger partial charge in [0.1, 0.15) is 37.6 Å². The maximum absolute atomic E-state index is 12.7. The molecule has 2 saturated heterocycles. The lowest BCUT2D eigenvalue weighted by atomic mass is 9.98. The number of aliphatic hydroxyl groups excluding tert-OH is 2. The molecule has 0 aliphatic carbocycles. The van der Waals surface area contributed by atoms with Gasteiger partial charge in [-0.1, -0.05) is 136 Å². The van der Waals surface area contributed by atoms with Crippen LogP contribution < -0.4 is 0 Å². The Morgan fingerprint density at radius 1 is 0.409 bits per heavy atom. The predicted molar refractivity (Wildman–Crippen MR) is 241 cm³/mol. The van der Waals surface area contributed by atoms with Crippen molar-refractivity contribution in [1.29, 1.82) is 0 Å². The minimum atomic E-state index is -3.93. The summed E-state index contributed by atoms with van der Waals surface area (Å²) in [6.45, 7) is 10.3. The third kappa shape index (κ3) is 22.7. The molecule has 2 fully saturated rings. The van der Waals surface area contributed by atoms with Crippen molar-refractivity contribution in [1.82, 2.24) is 0 Å². The van der Waals surface area contributed by atoms with E-state index in [1.54, 1.807) is 0 Å². The van der Waals surface area contributed by atoms with Crippen LogP contribution in [0, 0.1) is 0 Å². The normalized spacial score (nSPS) is 26.1. The van der Waals surface area contributed by atoms with Crippen molar-refractivity contribution in [3.8, 4) is 0 Å². The van der Waals surface area contributed by atoms with Gasteiger partial charge in [-0.15, -0.1) is 0 Å². The molecule has 66 heavy (non-hydrogen) atoms. The molecule has 0 saturated carbocycles. The summed E-state index contributed by atoms with van der Waals surface area (Å²) in [4.78, 5) is 73.9. The van der Waals surface area contributed by atoms with Crippen LogP contribution in [0.2, 0.25) is 12.1 Å². The lowest BCUT2D eigenvalue weighted by Crippen LogP contribution is -2.66. The van der Waals surface area contributed by atoms with Crippen LogP contribution in [0.4, 0.5) is 0 Å². The summed E-state index contributed by atoms with van der Waals surface area (Å²) < 4.78 is 59.5. The van der Waals surface area contributed by atoms with E-state index in [1.807, 2.05) is 0 Å². The van der Waals surface area contributed by atoms with E-state index in [9.17, 15) is 39.0 Å². The van der Waals surface area contributed by atoms with Crippen LogP contribution in [0.5, 0.6) is 0 Å². The Kier molecular flexibility index (Phi) is 29.0. The highest BCUT2D eigenvalue weighted by molar-refractivity contribution is 6.67. The SMILES string of the molecule is CCCCCCCCCCCC[Si](CCCCCCCCCCC)(OC1OC(COC(C)=O)C(OC(C)=O)C(O)C1OC(C)=O)OC1OC(COC(C)=O)C(OC(C)=O)C(O)C1OC(C)=O. The van der Waals surface area contributed by atoms with Gasteiger partial charge in [0.15, 0.2) is 37.0 Å². The number of ether oxygens (including phenoxy) is 8. The summed E-state index contributed by atoms with van der Waals surface area (Å²) in [5, 5.41) is 23.6. The van der Waals surface area contributed by atoms with Crippen molar-refractivity contribution in [3.05, 3.63) is 0 Å². The lowest BCUT2D eigenvalue weighted by Gasteiger charge is -2.48. The third-order valence-electron chi connectivity index (χ3n) is 11.6. The molecule has 0 amide bonds. The van der Waals surface area contributed by atoms with Crippen molar-refractivity contribution in [2.45, 2.75) is 251 Å². The van der Waals surface area contributed by atoms with Crippen molar-refractivity contribution in [2.24, 2.45) is 0 Å². The van der Waals surface area contributed by atoms with E-state index >= 15 is 0 Å². The predicted octanol–water partition coefficient (Wildman–Crippen LogP) is 6.94. The molecule has 19 heteroatoms. The van der Waals surface area contributed by atoms with Crippen LogP contribution in [0.25, 0.3) is 0 Å². The Balaban J connectivity index is 2.71. The zero-order valence-corrected chi connectivity index (χ0v) is 42.0. The summed E-state index contributed by atoms with van der Waals surface area (Å²) in [5.74, 6) is -4.53. The van der Waals surface area contributed by atoms with E-state index in [4.69, 9.17) is 46.7 Å². The van der Waals surface area contributed by atoms with Gasteiger partial charge in [-0.2, -0.15) is 0 Å². The molecule has 10 atom stereocenters. The molecule has 0 bridgehead atoms. The van der Waals surface area contributed by atoms with Crippen LogP contribution in [-0.2, 0) is 75.5 Å². The Morgan fingerprint density at radius 2 is 0.682 bits per heavy atom. The summed E-state index contributed by atoms with van der Waals surface area (Å²) in [6, 6.07) is 0.575. The molecular weight excluding hydrogens is 881 g/mol. The van der Waals surface area contributed by atoms with Crippen LogP contribution in [-0.4, -0.2) is 129 Å². The number of unbranched alkanes of at least 4 members (excludes halogenated alkanes) is 17. The Bertz CT molecular complexity index is 1360. The molecule has 0 aromatic heterocycles. The molecule has 2 rings (SSSR count). The van der Waals surface area contributed by atoms with Gasteiger partial charge in [0, 0.05) is 41.5 Å². The van der Waals surface area contributed by atoms with Crippen LogP contribution in [0.15, 0.2) is 0 Å². The fraction of sp³-hybridized carbons (Fsp3) is 0.872. The molecule has 2 N–H and O–H groups in total. The van der Waals surface area contributed by atoms with Crippen LogP contribution in [0.1, 0.15) is 177 Å². The van der Waals surface area contributed by atoms with Gasteiger partial charge < -0.3 is 57.0 Å². The third-order valence-corrected chi connectivity index (χ3v) is 15.1. The van der Waals surface area contributed by atoms with Crippen LogP contribution >= 0.6 is 0 Å². The Morgan fingerprint density at radius 3 is 0.955 bits per heavy atom. The Labute approximate surface area is 393 Å². The van der Waals surface area contributed by atoms with Gasteiger partial charge in [0.25, 0.3) is 0 Å². The highest BCUT2D eigenvalue weighted by Gasteiger charge is 2.57. The summed E-state index contributed by atoms with van der Waals surface area (Å²) in [5.41, 5.74) is 0. The number of carbonyl (C=O) groups excluding carboxylic acids is 6. The largest absolute Gasteiger partial charge is 0.463 e. The molecular formula is C47H82O18Si. The zero-order chi connectivity index (χ0) is 49.1. The maximum atomic E-state index is 12.7. The lowest BCUT2D eigenvalue weighted by molar-refractivity contribution is -0.306. The first kappa shape index (κ1) is 58.9. The first-order valence-electron chi connectivity index (χ1n) is 24.4. The first-order valence-corrected chi connectivity index (χ1v) is 26.6. The molecule has 0 aromatic rings. The molecule has 2 aliphatic rings. The topological polar surface area (TPSA) is 235 Å². The number of aliphatic hydroxyl groups is 2. The quantitative estimate of drug-likeness (QED) is 0.0293. The average Bonchev–Trinajstić information content (AvgIpc) is 3.23. The molecule has 2 heterocycles. The van der Waals surface area contributed by atoms with Gasteiger partial charge in [-0.3, -0.25) is 28.8 Å². The zero-order valence-electron chi connectivity index (χ0n) is 41.0. The molecule has 10 unspecified atom stereocenters. The molecule has 0 spiro atoms. The summed E-state index contributed by atoms with van der Waals surface area (Å²) >= 11 is 0. The van der Waals surface area contributed by atoms with Gasteiger partial charge in [0.2, 0.25) is 0 Å². The van der Waals surface area contributed by atoms with Gasteiger partial charge in [0.05, 0.1) is 0 Å². The number of hydrogen-bond acceptors (Lipinski definition) is 18. The van der Waals surface area contributed by atoms with Crippen LogP contribution in [0.3, 0.4) is 0 Å². The number of rotatable bonds is 33. The van der Waals surface area contributed by atoms with Gasteiger partial charge >= 0.3 is 44.4 Å². The molecule has 382 valence electrons. The van der Waals surface area contributed by atoms with Crippen molar-refractivity contribution in [3.63, 3.8) is 0 Å².